The van der Waals surface area contributed by atoms with Gasteiger partial charge >= 0.3 is 0 Å². The van der Waals surface area contributed by atoms with Gasteiger partial charge in [-0.15, -0.1) is 0 Å². The molecule has 2 N–H and O–H groups in total. The zero-order valence-electron chi connectivity index (χ0n) is 21.3. The van der Waals surface area contributed by atoms with E-state index in [1.54, 1.807) is 13.4 Å². The highest BCUT2D eigenvalue weighted by atomic mass is 16.7. The molecule has 3 aromatic rings. The zero-order chi connectivity index (χ0) is 24.5. The van der Waals surface area contributed by atoms with Gasteiger partial charge in [0.25, 0.3) is 5.91 Å². The number of hydroxylamine groups is 2. The van der Waals surface area contributed by atoms with E-state index in [4.69, 9.17) is 20.5 Å². The molecule has 0 saturated heterocycles. The van der Waals surface area contributed by atoms with Crippen molar-refractivity contribution in [3.8, 4) is 0 Å². The Hall–Kier alpha value is -2.51. The third kappa shape index (κ3) is 5.94. The second-order valence-corrected chi connectivity index (χ2v) is 9.30. The van der Waals surface area contributed by atoms with Crippen LogP contribution in [-0.4, -0.2) is 46.2 Å². The van der Waals surface area contributed by atoms with Crippen LogP contribution in [0.15, 0.2) is 30.6 Å². The third-order valence-corrected chi connectivity index (χ3v) is 6.79. The number of imidazole rings is 1. The van der Waals surface area contributed by atoms with Gasteiger partial charge in [0, 0.05) is 24.9 Å². The van der Waals surface area contributed by atoms with Gasteiger partial charge in [0.05, 0.1) is 30.2 Å². The number of carbonyl (C=O) groups excluding carboxylic acids is 1. The van der Waals surface area contributed by atoms with Crippen molar-refractivity contribution in [2.75, 3.05) is 20.7 Å². The van der Waals surface area contributed by atoms with E-state index in [2.05, 4.69) is 19.9 Å². The maximum atomic E-state index is 13.4. The van der Waals surface area contributed by atoms with Gasteiger partial charge in [0.15, 0.2) is 0 Å². The van der Waals surface area contributed by atoms with E-state index in [-0.39, 0.29) is 17.9 Å². The molecule has 186 valence electrons. The van der Waals surface area contributed by atoms with E-state index >= 15 is 0 Å². The second-order valence-electron chi connectivity index (χ2n) is 9.30. The number of likely N-dealkylation sites (N-methyl/N-ethyl adjacent to an activating group) is 1. The third-order valence-electron chi connectivity index (χ3n) is 6.79. The lowest BCUT2D eigenvalue weighted by Gasteiger charge is -2.24. The topological polar surface area (TPSA) is 86.3 Å². The number of hydrogen-bond acceptors (Lipinski definition) is 5. The smallest absolute Gasteiger partial charge is 0.268 e. The molecule has 34 heavy (non-hydrogen) atoms. The van der Waals surface area contributed by atoms with Crippen LogP contribution in [0, 0.1) is 0 Å². The summed E-state index contributed by atoms with van der Waals surface area (Å²) in [6.45, 7) is 4.80. The van der Waals surface area contributed by atoms with Crippen molar-refractivity contribution in [1.29, 1.82) is 0 Å². The molecule has 2 heterocycles. The fourth-order valence-corrected chi connectivity index (χ4v) is 4.61. The molecular weight excluding hydrogens is 426 g/mol. The van der Waals surface area contributed by atoms with Crippen LogP contribution < -0.4 is 5.73 Å². The summed E-state index contributed by atoms with van der Waals surface area (Å²) >= 11 is 0. The van der Waals surface area contributed by atoms with Crippen LogP contribution in [0.25, 0.3) is 21.9 Å². The van der Waals surface area contributed by atoms with Crippen molar-refractivity contribution in [2.45, 2.75) is 83.6 Å². The molecule has 7 heteroatoms. The summed E-state index contributed by atoms with van der Waals surface area (Å²) < 4.78 is 2.03. The maximum Gasteiger partial charge on any atom is 0.268 e. The van der Waals surface area contributed by atoms with Gasteiger partial charge in [-0.3, -0.25) is 14.6 Å². The minimum Gasteiger partial charge on any atom is -0.330 e. The second kappa shape index (κ2) is 12.8. The Morgan fingerprint density at radius 1 is 1.12 bits per heavy atom. The Bertz CT molecular complexity index is 1060. The summed E-state index contributed by atoms with van der Waals surface area (Å²) in [6.07, 6.45) is 12.3. The fourth-order valence-electron chi connectivity index (χ4n) is 4.61. The highest BCUT2D eigenvalue weighted by molar-refractivity contribution is 6.04. The summed E-state index contributed by atoms with van der Waals surface area (Å²) in [5, 5.41) is 2.32. The Labute approximate surface area is 203 Å². The van der Waals surface area contributed by atoms with Crippen LogP contribution in [0.3, 0.4) is 0 Å². The maximum absolute atomic E-state index is 13.4. The molecule has 0 saturated carbocycles. The summed E-state index contributed by atoms with van der Waals surface area (Å²) in [4.78, 5) is 28.3. The number of benzene rings is 1. The van der Waals surface area contributed by atoms with E-state index in [1.807, 2.05) is 22.8 Å². The SMILES string of the molecule is CCCCCCCCCCC(C(=O)N(C)OC)n1cnc2c(C(C)CN)nc3ccccc3c21. The summed E-state index contributed by atoms with van der Waals surface area (Å²) in [7, 11) is 3.20. The molecule has 2 atom stereocenters. The Kier molecular flexibility index (Phi) is 9.84. The molecule has 0 spiro atoms. The highest BCUT2D eigenvalue weighted by Crippen LogP contribution is 2.33. The van der Waals surface area contributed by atoms with Crippen molar-refractivity contribution < 1.29 is 9.63 Å². The fraction of sp³-hybridized carbons (Fsp3) is 0.593. The minimum absolute atomic E-state index is 0.0685. The van der Waals surface area contributed by atoms with E-state index in [9.17, 15) is 4.79 Å². The number of rotatable bonds is 14. The van der Waals surface area contributed by atoms with Crippen LogP contribution in [0.5, 0.6) is 0 Å². The number of para-hydroxylation sites is 1. The molecule has 2 unspecified atom stereocenters. The predicted molar refractivity (Wildman–Crippen MR) is 139 cm³/mol. The van der Waals surface area contributed by atoms with Crippen molar-refractivity contribution >= 4 is 27.8 Å². The van der Waals surface area contributed by atoms with Crippen molar-refractivity contribution in [3.05, 3.63) is 36.3 Å². The van der Waals surface area contributed by atoms with Crippen LogP contribution in [0.1, 0.15) is 89.3 Å². The molecule has 1 aromatic carbocycles. The number of carbonyl (C=O) groups is 1. The molecule has 1 amide bonds. The van der Waals surface area contributed by atoms with Crippen LogP contribution >= 0.6 is 0 Å². The summed E-state index contributed by atoms with van der Waals surface area (Å²) in [5.74, 6) is -0.00183. The molecule has 0 aliphatic carbocycles. The number of fused-ring (bicyclic) bond motifs is 3. The lowest BCUT2D eigenvalue weighted by molar-refractivity contribution is -0.172. The Morgan fingerprint density at radius 2 is 1.79 bits per heavy atom. The van der Waals surface area contributed by atoms with Gasteiger partial charge in [-0.1, -0.05) is 83.4 Å². The van der Waals surface area contributed by atoms with Gasteiger partial charge in [-0.2, -0.15) is 0 Å². The standard InChI is InChI=1S/C27H41N5O2/c1-5-6-7-8-9-10-11-12-17-23(27(33)31(3)34-4)32-19-29-25-24(20(2)18-28)30-22-16-14-13-15-21(22)26(25)32/h13-16,19-20,23H,5-12,17-18,28H2,1-4H3. The minimum atomic E-state index is -0.387. The van der Waals surface area contributed by atoms with Gasteiger partial charge in [-0.05, 0) is 12.5 Å². The van der Waals surface area contributed by atoms with Gasteiger partial charge in [-0.25, -0.2) is 10.0 Å². The predicted octanol–water partition coefficient (Wildman–Crippen LogP) is 5.74. The molecule has 2 aromatic heterocycles. The van der Waals surface area contributed by atoms with Crippen molar-refractivity contribution in [2.24, 2.45) is 5.73 Å². The van der Waals surface area contributed by atoms with Crippen molar-refractivity contribution in [1.82, 2.24) is 19.6 Å². The van der Waals surface area contributed by atoms with E-state index < -0.39 is 0 Å². The van der Waals surface area contributed by atoms with Gasteiger partial charge in [0.2, 0.25) is 0 Å². The zero-order valence-corrected chi connectivity index (χ0v) is 21.3. The lowest BCUT2D eigenvalue weighted by Crippen LogP contribution is -2.33. The first-order valence-corrected chi connectivity index (χ1v) is 12.8. The lowest BCUT2D eigenvalue weighted by atomic mass is 10.0. The number of pyridine rings is 1. The molecule has 0 bridgehead atoms. The van der Waals surface area contributed by atoms with Crippen molar-refractivity contribution in [3.63, 3.8) is 0 Å². The largest absolute Gasteiger partial charge is 0.330 e. The average Bonchev–Trinajstić information content (AvgIpc) is 3.31. The Balaban J connectivity index is 1.92. The normalized spacial score (nSPS) is 13.4. The number of hydrogen-bond donors (Lipinski definition) is 1. The molecule has 0 aliphatic heterocycles. The molecular formula is C27H41N5O2. The summed E-state index contributed by atoms with van der Waals surface area (Å²) in [5.41, 5.74) is 9.54. The van der Waals surface area contributed by atoms with E-state index in [1.165, 1.54) is 50.7 Å². The van der Waals surface area contributed by atoms with Crippen LogP contribution in [0.2, 0.25) is 0 Å². The molecule has 0 radical (unpaired) electrons. The quantitative estimate of drug-likeness (QED) is 0.241. The highest BCUT2D eigenvalue weighted by Gasteiger charge is 2.27. The van der Waals surface area contributed by atoms with Crippen LogP contribution in [-0.2, 0) is 9.63 Å². The number of unbranched alkanes of at least 4 members (excludes halogenated alkanes) is 7. The average molecular weight is 468 g/mol. The first-order chi connectivity index (χ1) is 16.5. The number of aromatic nitrogens is 3. The first-order valence-electron chi connectivity index (χ1n) is 12.8. The van der Waals surface area contributed by atoms with Gasteiger partial charge < -0.3 is 10.3 Å². The van der Waals surface area contributed by atoms with Crippen LogP contribution in [0.4, 0.5) is 0 Å². The molecule has 0 aliphatic rings. The number of nitrogens with zero attached hydrogens (tertiary/aromatic N) is 4. The van der Waals surface area contributed by atoms with E-state index in [0.29, 0.717) is 6.54 Å². The molecule has 3 rings (SSSR count). The van der Waals surface area contributed by atoms with Gasteiger partial charge in [0.1, 0.15) is 11.6 Å². The number of amides is 1. The Morgan fingerprint density at radius 3 is 2.47 bits per heavy atom. The monoisotopic (exact) mass is 467 g/mol. The molecule has 0 fully saturated rings. The summed E-state index contributed by atoms with van der Waals surface area (Å²) in [6, 6.07) is 7.67. The van der Waals surface area contributed by atoms with E-state index in [0.717, 1.165) is 46.9 Å². The first kappa shape index (κ1) is 26.1. The molecule has 7 nitrogen and oxygen atoms in total. The number of nitrogens with two attached hydrogens (primary N) is 1.